The number of benzene rings is 1. The van der Waals surface area contributed by atoms with Gasteiger partial charge in [0, 0.05) is 23.4 Å². The van der Waals surface area contributed by atoms with Gasteiger partial charge in [-0.15, -0.1) is 0 Å². The fourth-order valence-corrected chi connectivity index (χ4v) is 3.88. The van der Waals surface area contributed by atoms with Crippen LogP contribution in [0.2, 0.25) is 5.02 Å². The number of rotatable bonds is 7. The Balaban J connectivity index is 1.92. The molecule has 0 bridgehead atoms. The van der Waals surface area contributed by atoms with E-state index in [0.717, 1.165) is 24.4 Å². The fourth-order valence-electron chi connectivity index (χ4n) is 2.76. The third-order valence-electron chi connectivity index (χ3n) is 3.94. The number of thioether (sulfide) groups is 1. The van der Waals surface area contributed by atoms with Crippen molar-refractivity contribution in [1.29, 1.82) is 0 Å². The van der Waals surface area contributed by atoms with Crippen LogP contribution in [0.3, 0.4) is 0 Å². The summed E-state index contributed by atoms with van der Waals surface area (Å²) in [5, 5.41) is 4.51. The lowest BCUT2D eigenvalue weighted by Gasteiger charge is -2.24. The Labute approximate surface area is 138 Å². The molecule has 0 aliphatic carbocycles. The molecule has 0 amide bonds. The van der Waals surface area contributed by atoms with Crippen LogP contribution in [0, 0.1) is 0 Å². The summed E-state index contributed by atoms with van der Waals surface area (Å²) in [6.45, 7) is 6.94. The summed E-state index contributed by atoms with van der Waals surface area (Å²) in [5.74, 6) is 2.60. The van der Waals surface area contributed by atoms with Crippen molar-refractivity contribution in [3.05, 3.63) is 34.9 Å². The Hall–Kier alpha value is -0.220. The van der Waals surface area contributed by atoms with Crippen LogP contribution in [-0.2, 0) is 0 Å². The highest BCUT2D eigenvalue weighted by molar-refractivity contribution is 7.99. The summed E-state index contributed by atoms with van der Waals surface area (Å²) < 4.78 is 0. The maximum absolute atomic E-state index is 6.15. The van der Waals surface area contributed by atoms with Crippen LogP contribution in [0.1, 0.15) is 37.8 Å². The molecule has 0 saturated carbocycles. The van der Waals surface area contributed by atoms with Gasteiger partial charge in [0.1, 0.15) is 0 Å². The van der Waals surface area contributed by atoms with Crippen molar-refractivity contribution in [2.24, 2.45) is 0 Å². The molecule has 1 heterocycles. The molecule has 2 nitrogen and oxygen atoms in total. The molecule has 0 spiro atoms. The topological polar surface area (TPSA) is 15.3 Å². The van der Waals surface area contributed by atoms with Gasteiger partial charge in [-0.05, 0) is 62.3 Å². The van der Waals surface area contributed by atoms with E-state index in [1.165, 1.54) is 43.1 Å². The molecule has 0 radical (unpaired) electrons. The first kappa shape index (κ1) is 17.1. The second-order valence-electron chi connectivity index (χ2n) is 5.66. The largest absolute Gasteiger partial charge is 0.310 e. The summed E-state index contributed by atoms with van der Waals surface area (Å²) in [6.07, 6.45) is 3.65. The number of hydrogen-bond acceptors (Lipinski definition) is 3. The molecule has 1 atom stereocenters. The van der Waals surface area contributed by atoms with Crippen LogP contribution >= 0.6 is 23.4 Å². The second kappa shape index (κ2) is 9.73. The minimum absolute atomic E-state index is 0.416. The quantitative estimate of drug-likeness (QED) is 0.808. The zero-order chi connectivity index (χ0) is 14.9. The lowest BCUT2D eigenvalue weighted by molar-refractivity contribution is 0.275. The minimum atomic E-state index is 0.416. The SMILES string of the molecule is CCCNC(CCN1CCCSCC1)c1cccc(Cl)c1. The first-order valence-electron chi connectivity index (χ1n) is 8.08. The van der Waals surface area contributed by atoms with Gasteiger partial charge >= 0.3 is 0 Å². The van der Waals surface area contributed by atoms with Gasteiger partial charge in [0.2, 0.25) is 0 Å². The number of nitrogens with zero attached hydrogens (tertiary/aromatic N) is 1. The van der Waals surface area contributed by atoms with E-state index < -0.39 is 0 Å². The number of halogens is 1. The first-order chi connectivity index (χ1) is 10.3. The van der Waals surface area contributed by atoms with Crippen LogP contribution in [-0.4, -0.2) is 42.6 Å². The maximum Gasteiger partial charge on any atom is 0.0409 e. The highest BCUT2D eigenvalue weighted by atomic mass is 35.5. The molecule has 21 heavy (non-hydrogen) atoms. The van der Waals surface area contributed by atoms with E-state index in [9.17, 15) is 0 Å². The Morgan fingerprint density at radius 1 is 1.33 bits per heavy atom. The standard InChI is InChI=1S/C17H27ClN2S/c1-2-8-19-17(15-5-3-6-16(18)14-15)7-10-20-9-4-12-21-13-11-20/h3,5-6,14,17,19H,2,4,7-13H2,1H3. The van der Waals surface area contributed by atoms with E-state index in [1.807, 2.05) is 6.07 Å². The van der Waals surface area contributed by atoms with E-state index in [4.69, 9.17) is 11.6 Å². The average Bonchev–Trinajstić information content (AvgIpc) is 2.76. The van der Waals surface area contributed by atoms with Crippen LogP contribution in [0.25, 0.3) is 0 Å². The summed E-state index contributed by atoms with van der Waals surface area (Å²) >= 11 is 8.24. The minimum Gasteiger partial charge on any atom is -0.310 e. The first-order valence-corrected chi connectivity index (χ1v) is 9.62. The molecule has 1 aromatic rings. The molecule has 1 aliphatic rings. The normalized spacial score (nSPS) is 18.4. The van der Waals surface area contributed by atoms with Gasteiger partial charge < -0.3 is 10.2 Å². The molecule has 1 saturated heterocycles. The highest BCUT2D eigenvalue weighted by Crippen LogP contribution is 2.21. The zero-order valence-electron chi connectivity index (χ0n) is 13.0. The average molecular weight is 327 g/mol. The molecule has 1 unspecified atom stereocenters. The Morgan fingerprint density at radius 2 is 2.24 bits per heavy atom. The number of nitrogens with one attached hydrogen (secondary N) is 1. The fraction of sp³-hybridized carbons (Fsp3) is 0.647. The van der Waals surface area contributed by atoms with Crippen molar-refractivity contribution in [2.45, 2.75) is 32.2 Å². The Kier molecular flexibility index (Phi) is 7.94. The molecule has 4 heteroatoms. The van der Waals surface area contributed by atoms with E-state index in [1.54, 1.807) is 0 Å². The van der Waals surface area contributed by atoms with Crippen molar-refractivity contribution < 1.29 is 0 Å². The molecular weight excluding hydrogens is 300 g/mol. The van der Waals surface area contributed by atoms with Crippen molar-refractivity contribution in [1.82, 2.24) is 10.2 Å². The van der Waals surface area contributed by atoms with Crippen molar-refractivity contribution in [2.75, 3.05) is 37.7 Å². The van der Waals surface area contributed by atoms with Gasteiger partial charge in [0.05, 0.1) is 0 Å². The molecular formula is C17H27ClN2S. The van der Waals surface area contributed by atoms with E-state index >= 15 is 0 Å². The Bertz CT molecular complexity index is 406. The number of hydrogen-bond donors (Lipinski definition) is 1. The van der Waals surface area contributed by atoms with E-state index in [0.29, 0.717) is 6.04 Å². The van der Waals surface area contributed by atoms with Crippen molar-refractivity contribution in [3.63, 3.8) is 0 Å². The summed E-state index contributed by atoms with van der Waals surface area (Å²) in [6, 6.07) is 8.72. The summed E-state index contributed by atoms with van der Waals surface area (Å²) in [7, 11) is 0. The lowest BCUT2D eigenvalue weighted by Crippen LogP contribution is -2.31. The Morgan fingerprint density at radius 3 is 3.05 bits per heavy atom. The summed E-state index contributed by atoms with van der Waals surface area (Å²) in [5.41, 5.74) is 1.32. The lowest BCUT2D eigenvalue weighted by atomic mass is 10.0. The van der Waals surface area contributed by atoms with Crippen molar-refractivity contribution in [3.8, 4) is 0 Å². The molecule has 2 rings (SSSR count). The van der Waals surface area contributed by atoms with Crippen LogP contribution in [0.4, 0.5) is 0 Å². The van der Waals surface area contributed by atoms with E-state index in [-0.39, 0.29) is 0 Å². The third kappa shape index (κ3) is 6.19. The van der Waals surface area contributed by atoms with Gasteiger partial charge in [0.15, 0.2) is 0 Å². The monoisotopic (exact) mass is 326 g/mol. The maximum atomic E-state index is 6.15. The molecule has 1 N–H and O–H groups in total. The van der Waals surface area contributed by atoms with Crippen LogP contribution in [0.5, 0.6) is 0 Å². The summed E-state index contributed by atoms with van der Waals surface area (Å²) in [4.78, 5) is 2.62. The predicted octanol–water partition coefficient (Wildman–Crippen LogP) is 4.21. The smallest absolute Gasteiger partial charge is 0.0409 e. The van der Waals surface area contributed by atoms with Gasteiger partial charge in [-0.1, -0.05) is 30.7 Å². The molecule has 1 fully saturated rings. The van der Waals surface area contributed by atoms with Gasteiger partial charge in [-0.25, -0.2) is 0 Å². The van der Waals surface area contributed by atoms with Gasteiger partial charge in [-0.3, -0.25) is 0 Å². The van der Waals surface area contributed by atoms with Crippen LogP contribution in [0.15, 0.2) is 24.3 Å². The van der Waals surface area contributed by atoms with E-state index in [2.05, 4.69) is 47.1 Å². The molecule has 118 valence electrons. The predicted molar refractivity (Wildman–Crippen MR) is 95.5 cm³/mol. The van der Waals surface area contributed by atoms with Gasteiger partial charge in [-0.2, -0.15) is 11.8 Å². The zero-order valence-corrected chi connectivity index (χ0v) is 14.6. The molecule has 1 aliphatic heterocycles. The van der Waals surface area contributed by atoms with Crippen molar-refractivity contribution >= 4 is 23.4 Å². The second-order valence-corrected chi connectivity index (χ2v) is 7.32. The van der Waals surface area contributed by atoms with Gasteiger partial charge in [0.25, 0.3) is 0 Å². The molecule has 1 aromatic carbocycles. The highest BCUT2D eigenvalue weighted by Gasteiger charge is 2.14. The van der Waals surface area contributed by atoms with Crippen LogP contribution < -0.4 is 5.32 Å². The third-order valence-corrected chi connectivity index (χ3v) is 5.22. The molecule has 0 aromatic heterocycles.